The zero-order valence-electron chi connectivity index (χ0n) is 8.25. The van der Waals surface area contributed by atoms with Gasteiger partial charge in [0.15, 0.2) is 0 Å². The third kappa shape index (κ3) is 1.85. The molecule has 2 atom stereocenters. The van der Waals surface area contributed by atoms with Crippen LogP contribution in [0.1, 0.15) is 26.2 Å². The number of piperidine rings is 1. The number of rotatable bonds is 3. The van der Waals surface area contributed by atoms with Crippen LogP contribution in [0.15, 0.2) is 0 Å². The van der Waals surface area contributed by atoms with E-state index in [0.717, 1.165) is 19.0 Å². The Morgan fingerprint density at radius 3 is 2.92 bits per heavy atom. The molecule has 3 nitrogen and oxygen atoms in total. The molecule has 1 aliphatic heterocycles. The first-order valence-electron chi connectivity index (χ1n) is 5.30. The normalized spacial score (nSPS) is 32.4. The number of likely N-dealkylation sites (N-methyl/N-ethyl adjacent to an activating group) is 1. The molecule has 0 radical (unpaired) electrons. The lowest BCUT2D eigenvalue weighted by atomic mass is 10.1. The molecule has 2 bridgehead atoms. The molecule has 0 aromatic rings. The summed E-state index contributed by atoms with van der Waals surface area (Å²) in [5.41, 5.74) is 0. The van der Waals surface area contributed by atoms with Gasteiger partial charge in [-0.1, -0.05) is 0 Å². The summed E-state index contributed by atoms with van der Waals surface area (Å²) in [7, 11) is 0. The zero-order valence-corrected chi connectivity index (χ0v) is 8.25. The van der Waals surface area contributed by atoms with Crippen LogP contribution in [0, 0.1) is 5.92 Å². The summed E-state index contributed by atoms with van der Waals surface area (Å²) >= 11 is 0. The van der Waals surface area contributed by atoms with Crippen LogP contribution < -0.4 is 5.32 Å². The lowest BCUT2D eigenvalue weighted by molar-refractivity contribution is -0.122. The van der Waals surface area contributed by atoms with Crippen LogP contribution in [0.5, 0.6) is 0 Å². The summed E-state index contributed by atoms with van der Waals surface area (Å²) in [5, 5.41) is 2.85. The van der Waals surface area contributed by atoms with E-state index in [0.29, 0.717) is 12.6 Å². The fourth-order valence-corrected chi connectivity index (χ4v) is 2.66. The Kier molecular flexibility index (Phi) is 2.54. The second kappa shape index (κ2) is 3.66. The number of carbonyl (C=O) groups is 1. The van der Waals surface area contributed by atoms with Gasteiger partial charge in [0, 0.05) is 19.1 Å². The van der Waals surface area contributed by atoms with Crippen LogP contribution in [0.3, 0.4) is 0 Å². The molecular formula is C10H18N2O. The van der Waals surface area contributed by atoms with E-state index in [-0.39, 0.29) is 5.91 Å². The molecule has 0 aromatic carbocycles. The molecular weight excluding hydrogens is 164 g/mol. The van der Waals surface area contributed by atoms with Crippen LogP contribution in [0.4, 0.5) is 0 Å². The van der Waals surface area contributed by atoms with Gasteiger partial charge in [0.2, 0.25) is 5.91 Å². The summed E-state index contributed by atoms with van der Waals surface area (Å²) in [6, 6.07) is 0.715. The Balaban J connectivity index is 1.79. The van der Waals surface area contributed by atoms with Gasteiger partial charge in [-0.15, -0.1) is 0 Å². The van der Waals surface area contributed by atoms with Gasteiger partial charge in [0.25, 0.3) is 0 Å². The number of fused-ring (bicyclic) bond motifs is 2. The molecule has 2 aliphatic rings. The van der Waals surface area contributed by atoms with Crippen LogP contribution in [0.25, 0.3) is 0 Å². The third-order valence-corrected chi connectivity index (χ3v) is 3.24. The molecule has 0 aromatic heterocycles. The quantitative estimate of drug-likeness (QED) is 0.693. The minimum atomic E-state index is 0.190. The Hall–Kier alpha value is -0.570. The van der Waals surface area contributed by atoms with E-state index >= 15 is 0 Å². The molecule has 2 fully saturated rings. The predicted octanol–water partition coefficient (Wildman–Crippen LogP) is 0.607. The second-order valence-electron chi connectivity index (χ2n) is 4.22. The standard InChI is InChI=1S/C10H18N2O/c1-2-11-10(13)7-12-6-8-3-4-9(12)5-8/h8-9H,2-7H2,1H3,(H,11,13). The number of carbonyl (C=O) groups excluding carboxylic acids is 1. The van der Waals surface area contributed by atoms with Crippen molar-refractivity contribution < 1.29 is 4.79 Å². The molecule has 1 aliphatic carbocycles. The minimum absolute atomic E-state index is 0.190. The van der Waals surface area contributed by atoms with Crippen molar-refractivity contribution in [3.63, 3.8) is 0 Å². The molecule has 74 valence electrons. The molecule has 3 heteroatoms. The van der Waals surface area contributed by atoms with E-state index in [9.17, 15) is 4.79 Å². The van der Waals surface area contributed by atoms with Crippen molar-refractivity contribution >= 4 is 5.91 Å². The second-order valence-corrected chi connectivity index (χ2v) is 4.22. The van der Waals surface area contributed by atoms with Crippen molar-refractivity contribution in [3.05, 3.63) is 0 Å². The van der Waals surface area contributed by atoms with Gasteiger partial charge in [0.05, 0.1) is 6.54 Å². The SMILES string of the molecule is CCNC(=O)CN1CC2CCC1C2. The fourth-order valence-electron chi connectivity index (χ4n) is 2.66. The predicted molar refractivity (Wildman–Crippen MR) is 51.4 cm³/mol. The maximum absolute atomic E-state index is 11.3. The molecule has 0 spiro atoms. The summed E-state index contributed by atoms with van der Waals surface area (Å²) in [6.45, 7) is 4.49. The van der Waals surface area contributed by atoms with Gasteiger partial charge in [-0.25, -0.2) is 0 Å². The van der Waals surface area contributed by atoms with Crippen molar-refractivity contribution in [3.8, 4) is 0 Å². The number of nitrogens with zero attached hydrogens (tertiary/aromatic N) is 1. The molecule has 1 heterocycles. The molecule has 2 rings (SSSR count). The third-order valence-electron chi connectivity index (χ3n) is 3.24. The smallest absolute Gasteiger partial charge is 0.234 e. The number of likely N-dealkylation sites (tertiary alicyclic amines) is 1. The van der Waals surface area contributed by atoms with Crippen molar-refractivity contribution in [2.24, 2.45) is 5.92 Å². The molecule has 1 saturated heterocycles. The first-order chi connectivity index (χ1) is 6.29. The zero-order chi connectivity index (χ0) is 9.26. The van der Waals surface area contributed by atoms with Gasteiger partial charge in [-0.2, -0.15) is 0 Å². The van der Waals surface area contributed by atoms with E-state index in [1.165, 1.54) is 19.3 Å². The maximum atomic E-state index is 11.3. The van der Waals surface area contributed by atoms with E-state index in [1.807, 2.05) is 6.92 Å². The Bertz CT molecular complexity index is 205. The minimum Gasteiger partial charge on any atom is -0.355 e. The van der Waals surface area contributed by atoms with Crippen LogP contribution >= 0.6 is 0 Å². The number of amides is 1. The highest BCUT2D eigenvalue weighted by Gasteiger charge is 2.38. The van der Waals surface area contributed by atoms with Crippen molar-refractivity contribution in [2.75, 3.05) is 19.6 Å². The lowest BCUT2D eigenvalue weighted by Crippen LogP contribution is -2.41. The van der Waals surface area contributed by atoms with Gasteiger partial charge in [0.1, 0.15) is 0 Å². The van der Waals surface area contributed by atoms with Crippen LogP contribution in [-0.4, -0.2) is 36.5 Å². The Morgan fingerprint density at radius 1 is 1.54 bits per heavy atom. The lowest BCUT2D eigenvalue weighted by Gasteiger charge is -2.25. The average Bonchev–Trinajstić information content (AvgIpc) is 2.65. The van der Waals surface area contributed by atoms with Crippen LogP contribution in [0.2, 0.25) is 0 Å². The van der Waals surface area contributed by atoms with E-state index in [2.05, 4.69) is 10.2 Å². The highest BCUT2D eigenvalue weighted by Crippen LogP contribution is 2.36. The molecule has 2 unspecified atom stereocenters. The highest BCUT2D eigenvalue weighted by atomic mass is 16.2. The van der Waals surface area contributed by atoms with Gasteiger partial charge < -0.3 is 5.32 Å². The molecule has 13 heavy (non-hydrogen) atoms. The van der Waals surface area contributed by atoms with Gasteiger partial charge >= 0.3 is 0 Å². The first kappa shape index (κ1) is 9.00. The Labute approximate surface area is 79.5 Å². The molecule has 1 N–H and O–H groups in total. The number of nitrogens with one attached hydrogen (secondary N) is 1. The van der Waals surface area contributed by atoms with E-state index in [1.54, 1.807) is 0 Å². The summed E-state index contributed by atoms with van der Waals surface area (Å²) in [5.74, 6) is 1.08. The summed E-state index contributed by atoms with van der Waals surface area (Å²) in [4.78, 5) is 13.7. The van der Waals surface area contributed by atoms with Crippen molar-refractivity contribution in [1.82, 2.24) is 10.2 Å². The summed E-state index contributed by atoms with van der Waals surface area (Å²) < 4.78 is 0. The van der Waals surface area contributed by atoms with Gasteiger partial charge in [-0.3, -0.25) is 9.69 Å². The largest absolute Gasteiger partial charge is 0.355 e. The molecule has 1 saturated carbocycles. The van der Waals surface area contributed by atoms with Gasteiger partial charge in [-0.05, 0) is 32.1 Å². The maximum Gasteiger partial charge on any atom is 0.234 e. The highest BCUT2D eigenvalue weighted by molar-refractivity contribution is 5.78. The number of hydrogen-bond donors (Lipinski definition) is 1. The van der Waals surface area contributed by atoms with Crippen LogP contribution in [-0.2, 0) is 4.79 Å². The van der Waals surface area contributed by atoms with Crippen molar-refractivity contribution in [2.45, 2.75) is 32.2 Å². The number of hydrogen-bond acceptors (Lipinski definition) is 2. The first-order valence-corrected chi connectivity index (χ1v) is 5.30. The average molecular weight is 182 g/mol. The fraction of sp³-hybridized carbons (Fsp3) is 0.900. The summed E-state index contributed by atoms with van der Waals surface area (Å²) in [6.07, 6.45) is 4.03. The monoisotopic (exact) mass is 182 g/mol. The topological polar surface area (TPSA) is 32.3 Å². The van der Waals surface area contributed by atoms with Crippen molar-refractivity contribution in [1.29, 1.82) is 0 Å². The van der Waals surface area contributed by atoms with E-state index in [4.69, 9.17) is 0 Å². The Morgan fingerprint density at radius 2 is 2.38 bits per heavy atom. The molecule has 1 amide bonds. The van der Waals surface area contributed by atoms with E-state index < -0.39 is 0 Å².